The summed E-state index contributed by atoms with van der Waals surface area (Å²) in [6.45, 7) is 0. The predicted molar refractivity (Wildman–Crippen MR) is 62.7 cm³/mol. The van der Waals surface area contributed by atoms with Crippen LogP contribution < -0.4 is 11.1 Å². The van der Waals surface area contributed by atoms with Gasteiger partial charge in [-0.25, -0.2) is 4.39 Å². The van der Waals surface area contributed by atoms with Crippen LogP contribution in [-0.2, 0) is 4.79 Å². The summed E-state index contributed by atoms with van der Waals surface area (Å²) in [5, 5.41) is 2.88. The number of benzene rings is 1. The first-order valence-corrected chi connectivity index (χ1v) is 6.11. The SMILES string of the molecule is Nc1cc(F)ccc1SCC(=O)NC1CC1. The maximum absolute atomic E-state index is 12.8. The molecule has 0 heterocycles. The zero-order valence-electron chi connectivity index (χ0n) is 8.70. The summed E-state index contributed by atoms with van der Waals surface area (Å²) in [7, 11) is 0. The van der Waals surface area contributed by atoms with Crippen molar-refractivity contribution in [3.63, 3.8) is 0 Å². The molecule has 0 aromatic heterocycles. The fourth-order valence-electron chi connectivity index (χ4n) is 1.29. The Hall–Kier alpha value is -1.23. The topological polar surface area (TPSA) is 55.1 Å². The van der Waals surface area contributed by atoms with E-state index in [2.05, 4.69) is 5.32 Å². The van der Waals surface area contributed by atoms with Gasteiger partial charge in [-0.05, 0) is 31.0 Å². The van der Waals surface area contributed by atoms with Crippen molar-refractivity contribution in [2.75, 3.05) is 11.5 Å². The maximum Gasteiger partial charge on any atom is 0.230 e. The molecule has 3 nitrogen and oxygen atoms in total. The lowest BCUT2D eigenvalue weighted by Gasteiger charge is -2.05. The van der Waals surface area contributed by atoms with Crippen LogP contribution in [0.3, 0.4) is 0 Å². The lowest BCUT2D eigenvalue weighted by molar-refractivity contribution is -0.118. The molecule has 0 bridgehead atoms. The standard InChI is InChI=1S/C11H13FN2OS/c12-7-1-4-10(9(13)5-7)16-6-11(15)14-8-2-3-8/h1,4-5,8H,2-3,6,13H2,(H,14,15). The van der Waals surface area contributed by atoms with Gasteiger partial charge in [-0.2, -0.15) is 0 Å². The van der Waals surface area contributed by atoms with Crippen LogP contribution in [0.2, 0.25) is 0 Å². The van der Waals surface area contributed by atoms with E-state index in [4.69, 9.17) is 5.73 Å². The molecule has 1 aromatic rings. The smallest absolute Gasteiger partial charge is 0.230 e. The minimum atomic E-state index is -0.357. The second-order valence-corrected chi connectivity index (χ2v) is 4.83. The van der Waals surface area contributed by atoms with Crippen LogP contribution in [0.15, 0.2) is 23.1 Å². The Morgan fingerprint density at radius 2 is 2.31 bits per heavy atom. The highest BCUT2D eigenvalue weighted by Crippen LogP contribution is 2.26. The van der Waals surface area contributed by atoms with Gasteiger partial charge in [-0.15, -0.1) is 11.8 Å². The van der Waals surface area contributed by atoms with E-state index in [0.29, 0.717) is 17.5 Å². The number of nitrogens with two attached hydrogens (primary N) is 1. The summed E-state index contributed by atoms with van der Waals surface area (Å²) in [6.07, 6.45) is 2.16. The van der Waals surface area contributed by atoms with Crippen LogP contribution in [0.5, 0.6) is 0 Å². The molecule has 1 saturated carbocycles. The Balaban J connectivity index is 1.85. The van der Waals surface area contributed by atoms with Gasteiger partial charge in [-0.3, -0.25) is 4.79 Å². The highest BCUT2D eigenvalue weighted by molar-refractivity contribution is 8.00. The summed E-state index contributed by atoms with van der Waals surface area (Å²) >= 11 is 1.33. The van der Waals surface area contributed by atoms with E-state index >= 15 is 0 Å². The molecule has 5 heteroatoms. The summed E-state index contributed by atoms with van der Waals surface area (Å²) < 4.78 is 12.8. The quantitative estimate of drug-likeness (QED) is 0.623. The van der Waals surface area contributed by atoms with Gasteiger partial charge < -0.3 is 11.1 Å². The van der Waals surface area contributed by atoms with Crippen molar-refractivity contribution in [2.45, 2.75) is 23.8 Å². The van der Waals surface area contributed by atoms with Gasteiger partial charge in [-0.1, -0.05) is 0 Å². The van der Waals surface area contributed by atoms with Crippen molar-refractivity contribution in [2.24, 2.45) is 0 Å². The molecule has 1 amide bonds. The van der Waals surface area contributed by atoms with Gasteiger partial charge in [0.05, 0.1) is 5.75 Å². The van der Waals surface area contributed by atoms with Crippen molar-refractivity contribution < 1.29 is 9.18 Å². The van der Waals surface area contributed by atoms with Crippen molar-refractivity contribution in [1.29, 1.82) is 0 Å². The van der Waals surface area contributed by atoms with Crippen molar-refractivity contribution in [3.8, 4) is 0 Å². The average molecular weight is 240 g/mol. The Kier molecular flexibility index (Phi) is 3.33. The first-order valence-electron chi connectivity index (χ1n) is 5.12. The molecule has 0 atom stereocenters. The Bertz CT molecular complexity index is 407. The zero-order valence-corrected chi connectivity index (χ0v) is 9.52. The zero-order chi connectivity index (χ0) is 11.5. The van der Waals surface area contributed by atoms with E-state index in [1.54, 1.807) is 6.07 Å². The number of nitrogens with one attached hydrogen (secondary N) is 1. The molecule has 2 rings (SSSR count). The van der Waals surface area contributed by atoms with Crippen LogP contribution in [0, 0.1) is 5.82 Å². The molecule has 1 aliphatic carbocycles. The largest absolute Gasteiger partial charge is 0.398 e. The third-order valence-corrected chi connectivity index (χ3v) is 3.36. The number of hydrogen-bond acceptors (Lipinski definition) is 3. The monoisotopic (exact) mass is 240 g/mol. The molecule has 16 heavy (non-hydrogen) atoms. The van der Waals surface area contributed by atoms with Crippen LogP contribution in [0.1, 0.15) is 12.8 Å². The number of hydrogen-bond donors (Lipinski definition) is 2. The van der Waals surface area contributed by atoms with E-state index in [9.17, 15) is 9.18 Å². The molecule has 86 valence electrons. The summed E-state index contributed by atoms with van der Waals surface area (Å²) in [6, 6.07) is 4.58. The van der Waals surface area contributed by atoms with Crippen LogP contribution in [0.4, 0.5) is 10.1 Å². The molecule has 1 aromatic carbocycles. The Labute approximate surface area is 97.6 Å². The molecule has 1 aliphatic rings. The highest BCUT2D eigenvalue weighted by Gasteiger charge is 2.23. The Morgan fingerprint density at radius 3 is 2.94 bits per heavy atom. The number of amides is 1. The molecule has 0 saturated heterocycles. The van der Waals surface area contributed by atoms with E-state index in [0.717, 1.165) is 17.7 Å². The first kappa shape index (κ1) is 11.3. The minimum absolute atomic E-state index is 0.0104. The van der Waals surface area contributed by atoms with Crippen LogP contribution in [0.25, 0.3) is 0 Å². The van der Waals surface area contributed by atoms with Gasteiger partial charge in [0, 0.05) is 16.6 Å². The van der Waals surface area contributed by atoms with Crippen molar-refractivity contribution in [3.05, 3.63) is 24.0 Å². The van der Waals surface area contributed by atoms with E-state index in [1.807, 2.05) is 0 Å². The van der Waals surface area contributed by atoms with Crippen molar-refractivity contribution >= 4 is 23.4 Å². The number of carbonyl (C=O) groups is 1. The van der Waals surface area contributed by atoms with Crippen molar-refractivity contribution in [1.82, 2.24) is 5.32 Å². The summed E-state index contributed by atoms with van der Waals surface area (Å²) in [5.74, 6) is -0.0210. The number of anilines is 1. The highest BCUT2D eigenvalue weighted by atomic mass is 32.2. The number of halogens is 1. The van der Waals surface area contributed by atoms with E-state index in [-0.39, 0.29) is 11.7 Å². The molecular formula is C11H13FN2OS. The Morgan fingerprint density at radius 1 is 1.56 bits per heavy atom. The molecule has 1 fully saturated rings. The second kappa shape index (κ2) is 4.74. The normalized spacial score (nSPS) is 14.8. The van der Waals surface area contributed by atoms with Gasteiger partial charge in [0.1, 0.15) is 5.82 Å². The molecule has 3 N–H and O–H groups in total. The minimum Gasteiger partial charge on any atom is -0.398 e. The summed E-state index contributed by atoms with van der Waals surface area (Å²) in [4.78, 5) is 12.1. The molecular weight excluding hydrogens is 227 g/mol. The van der Waals surface area contributed by atoms with Gasteiger partial charge in [0.25, 0.3) is 0 Å². The fraction of sp³-hybridized carbons (Fsp3) is 0.364. The predicted octanol–water partition coefficient (Wildman–Crippen LogP) is 1.78. The van der Waals surface area contributed by atoms with E-state index in [1.165, 1.54) is 23.9 Å². The third kappa shape index (κ3) is 3.13. The maximum atomic E-state index is 12.8. The van der Waals surface area contributed by atoms with Gasteiger partial charge in [0.15, 0.2) is 0 Å². The third-order valence-electron chi connectivity index (χ3n) is 2.27. The first-order chi connectivity index (χ1) is 7.65. The fourth-order valence-corrected chi connectivity index (χ4v) is 2.05. The number of thioether (sulfide) groups is 1. The number of carbonyl (C=O) groups excluding carboxylic acids is 1. The summed E-state index contributed by atoms with van der Waals surface area (Å²) in [5.41, 5.74) is 6.01. The lowest BCUT2D eigenvalue weighted by atomic mass is 10.3. The van der Waals surface area contributed by atoms with Crippen LogP contribution in [-0.4, -0.2) is 17.7 Å². The average Bonchev–Trinajstić information content (AvgIpc) is 3.00. The second-order valence-electron chi connectivity index (χ2n) is 3.81. The van der Waals surface area contributed by atoms with Crippen LogP contribution >= 0.6 is 11.8 Å². The molecule has 0 radical (unpaired) electrons. The van der Waals surface area contributed by atoms with Gasteiger partial charge in [0.2, 0.25) is 5.91 Å². The molecule has 0 aliphatic heterocycles. The molecule has 0 spiro atoms. The number of nitrogen functional groups attached to an aromatic ring is 1. The molecule has 0 unspecified atom stereocenters. The number of rotatable bonds is 4. The van der Waals surface area contributed by atoms with Gasteiger partial charge >= 0.3 is 0 Å². The van der Waals surface area contributed by atoms with E-state index < -0.39 is 0 Å². The lowest BCUT2D eigenvalue weighted by Crippen LogP contribution is -2.27.